The van der Waals surface area contributed by atoms with Crippen molar-refractivity contribution in [2.45, 2.75) is 38.3 Å². The summed E-state index contributed by atoms with van der Waals surface area (Å²) in [5, 5.41) is 10.9. The number of nitrogens with two attached hydrogens (primary N) is 1. The summed E-state index contributed by atoms with van der Waals surface area (Å²) in [7, 11) is 0. The van der Waals surface area contributed by atoms with E-state index in [1.807, 2.05) is 19.1 Å². The number of hydrogen-bond donors (Lipinski definition) is 2. The molecule has 90 valence electrons. The van der Waals surface area contributed by atoms with Gasteiger partial charge in [0, 0.05) is 16.1 Å². The Bertz CT molecular complexity index is 335. The Balaban J connectivity index is 2.76. The first-order valence-electron chi connectivity index (χ1n) is 5.29. The van der Waals surface area contributed by atoms with Gasteiger partial charge >= 0.3 is 0 Å². The van der Waals surface area contributed by atoms with Crippen LogP contribution in [0.5, 0.6) is 0 Å². The maximum Gasteiger partial charge on any atom is 0.0694 e. The average Bonchev–Trinajstić information content (AvgIpc) is 2.15. The maximum absolute atomic E-state index is 9.71. The first-order chi connectivity index (χ1) is 7.40. The lowest BCUT2D eigenvalue weighted by molar-refractivity contribution is 0.134. The molecule has 0 spiro atoms. The Morgan fingerprint density at radius 3 is 2.12 bits per heavy atom. The summed E-state index contributed by atoms with van der Waals surface area (Å²) in [5.74, 6) is 0.178. The molecule has 0 aromatic heterocycles. The lowest BCUT2D eigenvalue weighted by Gasteiger charge is -2.19. The highest BCUT2D eigenvalue weighted by molar-refractivity contribution is 6.34. The van der Waals surface area contributed by atoms with Crippen molar-refractivity contribution in [1.29, 1.82) is 0 Å². The zero-order valence-corrected chi connectivity index (χ0v) is 11.0. The molecule has 3 unspecified atom stereocenters. The van der Waals surface area contributed by atoms with Crippen LogP contribution >= 0.6 is 23.2 Å². The van der Waals surface area contributed by atoms with E-state index in [-0.39, 0.29) is 12.0 Å². The third kappa shape index (κ3) is 3.95. The fourth-order valence-corrected chi connectivity index (χ4v) is 2.12. The quantitative estimate of drug-likeness (QED) is 0.875. The summed E-state index contributed by atoms with van der Waals surface area (Å²) in [6.45, 7) is 3.82. The molecule has 1 rings (SSSR count). The molecule has 16 heavy (non-hydrogen) atoms. The van der Waals surface area contributed by atoms with Crippen molar-refractivity contribution in [3.63, 3.8) is 0 Å². The van der Waals surface area contributed by atoms with Gasteiger partial charge in [-0.05, 0) is 43.0 Å². The van der Waals surface area contributed by atoms with Crippen LogP contribution in [-0.2, 0) is 0 Å². The molecule has 0 bridgehead atoms. The third-order valence-corrected chi connectivity index (χ3v) is 3.09. The SMILES string of the molecule is CC(CC(O)C(C)N)c1cc(Cl)cc(Cl)c1. The van der Waals surface area contributed by atoms with Gasteiger partial charge in [-0.3, -0.25) is 0 Å². The van der Waals surface area contributed by atoms with Gasteiger partial charge in [-0.25, -0.2) is 0 Å². The van der Waals surface area contributed by atoms with Crippen LogP contribution in [0.25, 0.3) is 0 Å². The van der Waals surface area contributed by atoms with E-state index < -0.39 is 6.10 Å². The molecule has 3 atom stereocenters. The third-order valence-electron chi connectivity index (χ3n) is 2.66. The highest BCUT2D eigenvalue weighted by Crippen LogP contribution is 2.27. The molecule has 2 nitrogen and oxygen atoms in total. The summed E-state index contributed by atoms with van der Waals surface area (Å²) >= 11 is 11.8. The zero-order chi connectivity index (χ0) is 12.3. The molecular formula is C12H17Cl2NO. The van der Waals surface area contributed by atoms with Gasteiger partial charge in [0.25, 0.3) is 0 Å². The number of rotatable bonds is 4. The predicted molar refractivity (Wildman–Crippen MR) is 69.2 cm³/mol. The Labute approximate surface area is 106 Å². The van der Waals surface area contributed by atoms with Gasteiger partial charge in [0.15, 0.2) is 0 Å². The van der Waals surface area contributed by atoms with Crippen molar-refractivity contribution < 1.29 is 5.11 Å². The molecular weight excluding hydrogens is 245 g/mol. The molecule has 0 amide bonds. The number of aliphatic hydroxyl groups is 1. The minimum atomic E-state index is -0.507. The molecule has 3 N–H and O–H groups in total. The van der Waals surface area contributed by atoms with E-state index in [9.17, 15) is 5.11 Å². The second-order valence-corrected chi connectivity index (χ2v) is 5.14. The minimum absolute atomic E-state index is 0.178. The molecule has 1 aromatic rings. The van der Waals surface area contributed by atoms with Crippen LogP contribution in [0.4, 0.5) is 0 Å². The van der Waals surface area contributed by atoms with Crippen LogP contribution in [0, 0.1) is 0 Å². The molecule has 0 aliphatic rings. The largest absolute Gasteiger partial charge is 0.392 e. The topological polar surface area (TPSA) is 46.2 Å². The molecule has 0 aliphatic heterocycles. The Morgan fingerprint density at radius 2 is 1.69 bits per heavy atom. The Morgan fingerprint density at radius 1 is 1.19 bits per heavy atom. The summed E-state index contributed by atoms with van der Waals surface area (Å²) in [4.78, 5) is 0. The van der Waals surface area contributed by atoms with Gasteiger partial charge in [-0.15, -0.1) is 0 Å². The van der Waals surface area contributed by atoms with Crippen molar-refractivity contribution in [3.8, 4) is 0 Å². The summed E-state index contributed by atoms with van der Waals surface area (Å²) < 4.78 is 0. The standard InChI is InChI=1S/C12H17Cl2NO/c1-7(3-12(16)8(2)15)9-4-10(13)6-11(14)5-9/h4-8,12,16H,3,15H2,1-2H3. The van der Waals surface area contributed by atoms with Gasteiger partial charge < -0.3 is 10.8 Å². The van der Waals surface area contributed by atoms with Gasteiger partial charge in [0.1, 0.15) is 0 Å². The molecule has 0 saturated carbocycles. The Kier molecular flexibility index (Phi) is 5.06. The van der Waals surface area contributed by atoms with E-state index in [2.05, 4.69) is 0 Å². The van der Waals surface area contributed by atoms with Crippen molar-refractivity contribution in [3.05, 3.63) is 33.8 Å². The van der Waals surface area contributed by atoms with Crippen LogP contribution in [0.1, 0.15) is 31.7 Å². The van der Waals surface area contributed by atoms with E-state index >= 15 is 0 Å². The van der Waals surface area contributed by atoms with Crippen molar-refractivity contribution >= 4 is 23.2 Å². The zero-order valence-electron chi connectivity index (χ0n) is 9.45. The van der Waals surface area contributed by atoms with Crippen LogP contribution in [0.2, 0.25) is 10.0 Å². The van der Waals surface area contributed by atoms with Crippen LogP contribution < -0.4 is 5.73 Å². The first kappa shape index (κ1) is 13.8. The van der Waals surface area contributed by atoms with E-state index in [1.54, 1.807) is 13.0 Å². The highest BCUT2D eigenvalue weighted by Gasteiger charge is 2.16. The molecule has 0 fully saturated rings. The fraction of sp³-hybridized carbons (Fsp3) is 0.500. The molecule has 0 saturated heterocycles. The van der Waals surface area contributed by atoms with E-state index in [4.69, 9.17) is 28.9 Å². The predicted octanol–water partition coefficient (Wildman–Crippen LogP) is 3.20. The molecule has 0 radical (unpaired) electrons. The van der Waals surface area contributed by atoms with Crippen molar-refractivity contribution in [1.82, 2.24) is 0 Å². The molecule has 4 heteroatoms. The highest BCUT2D eigenvalue weighted by atomic mass is 35.5. The number of aliphatic hydroxyl groups excluding tert-OH is 1. The van der Waals surface area contributed by atoms with Crippen molar-refractivity contribution in [2.24, 2.45) is 5.73 Å². The smallest absolute Gasteiger partial charge is 0.0694 e. The first-order valence-corrected chi connectivity index (χ1v) is 6.05. The number of hydrogen-bond acceptors (Lipinski definition) is 2. The van der Waals surface area contributed by atoms with Crippen molar-refractivity contribution in [2.75, 3.05) is 0 Å². The van der Waals surface area contributed by atoms with Crippen LogP contribution in [0.3, 0.4) is 0 Å². The number of halogens is 2. The maximum atomic E-state index is 9.71. The summed E-state index contributed by atoms with van der Waals surface area (Å²) in [5.41, 5.74) is 6.65. The van der Waals surface area contributed by atoms with E-state index in [0.29, 0.717) is 16.5 Å². The average molecular weight is 262 g/mol. The van der Waals surface area contributed by atoms with Gasteiger partial charge in [-0.1, -0.05) is 30.1 Å². The lowest BCUT2D eigenvalue weighted by Crippen LogP contribution is -2.32. The summed E-state index contributed by atoms with van der Waals surface area (Å²) in [6, 6.07) is 5.20. The van der Waals surface area contributed by atoms with Crippen LogP contribution in [-0.4, -0.2) is 17.3 Å². The summed E-state index contributed by atoms with van der Waals surface area (Å²) in [6.07, 6.45) is 0.0988. The molecule has 1 aromatic carbocycles. The second-order valence-electron chi connectivity index (χ2n) is 4.27. The monoisotopic (exact) mass is 261 g/mol. The molecule has 0 heterocycles. The van der Waals surface area contributed by atoms with Gasteiger partial charge in [-0.2, -0.15) is 0 Å². The van der Waals surface area contributed by atoms with Gasteiger partial charge in [0.05, 0.1) is 6.10 Å². The van der Waals surface area contributed by atoms with E-state index in [0.717, 1.165) is 5.56 Å². The Hall–Kier alpha value is -0.280. The minimum Gasteiger partial charge on any atom is -0.392 e. The molecule has 0 aliphatic carbocycles. The van der Waals surface area contributed by atoms with Crippen LogP contribution in [0.15, 0.2) is 18.2 Å². The fourth-order valence-electron chi connectivity index (χ4n) is 1.57. The normalized spacial score (nSPS) is 16.9. The van der Waals surface area contributed by atoms with E-state index in [1.165, 1.54) is 0 Å². The van der Waals surface area contributed by atoms with Gasteiger partial charge in [0.2, 0.25) is 0 Å². The second kappa shape index (κ2) is 5.87. The number of benzene rings is 1. The lowest BCUT2D eigenvalue weighted by atomic mass is 9.93.